The van der Waals surface area contributed by atoms with Gasteiger partial charge in [-0.2, -0.15) is 0 Å². The molecule has 1 aromatic rings. The lowest BCUT2D eigenvalue weighted by molar-refractivity contribution is -0.137. The molecule has 0 amide bonds. The zero-order valence-corrected chi connectivity index (χ0v) is 10.1. The lowest BCUT2D eigenvalue weighted by Crippen LogP contribution is -2.02. The molecule has 0 radical (unpaired) electrons. The van der Waals surface area contributed by atoms with Crippen LogP contribution in [0.4, 0.5) is 5.69 Å². The van der Waals surface area contributed by atoms with E-state index in [1.165, 1.54) is 6.08 Å². The number of anilines is 1. The number of rotatable bonds is 6. The highest BCUT2D eigenvalue weighted by atomic mass is 16.6. The molecule has 1 aromatic carbocycles. The Balaban J connectivity index is 2.72. The summed E-state index contributed by atoms with van der Waals surface area (Å²) in [4.78, 5) is 16.3. The molecule has 0 spiro atoms. The summed E-state index contributed by atoms with van der Waals surface area (Å²) in [5, 5.41) is 0. The number of nitrogens with one attached hydrogen (secondary N) is 1. The van der Waals surface area contributed by atoms with E-state index in [1.54, 1.807) is 13.0 Å². The van der Waals surface area contributed by atoms with Gasteiger partial charge in [0.15, 0.2) is 0 Å². The zero-order valence-electron chi connectivity index (χ0n) is 10.1. The van der Waals surface area contributed by atoms with Gasteiger partial charge in [0.05, 0.1) is 18.9 Å². The Morgan fingerprint density at radius 3 is 2.76 bits per heavy atom. The highest BCUT2D eigenvalue weighted by Gasteiger charge is 1.99. The smallest absolute Gasteiger partial charge is 0.330 e. The van der Waals surface area contributed by atoms with Crippen LogP contribution in [-0.2, 0) is 14.4 Å². The summed E-state index contributed by atoms with van der Waals surface area (Å²) in [5.74, 6) is -0.348. The number of esters is 1. The van der Waals surface area contributed by atoms with Gasteiger partial charge in [-0.3, -0.25) is 10.3 Å². The van der Waals surface area contributed by atoms with E-state index in [0.717, 1.165) is 11.3 Å². The molecule has 0 aliphatic carbocycles. The fraction of sp³-hybridized carbons (Fsp3) is 0.308. The van der Waals surface area contributed by atoms with Crippen LogP contribution in [0.5, 0.6) is 0 Å². The molecule has 0 fully saturated rings. The van der Waals surface area contributed by atoms with Gasteiger partial charge >= 0.3 is 5.97 Å². The Kier molecular flexibility index (Phi) is 5.82. The van der Waals surface area contributed by atoms with Crippen LogP contribution in [0.25, 0.3) is 6.08 Å². The Hall–Kier alpha value is -1.81. The van der Waals surface area contributed by atoms with Gasteiger partial charge < -0.3 is 4.74 Å². The molecule has 0 bridgehead atoms. The zero-order chi connectivity index (χ0) is 12.5. The second-order valence-corrected chi connectivity index (χ2v) is 3.21. The van der Waals surface area contributed by atoms with Crippen molar-refractivity contribution >= 4 is 17.7 Å². The fourth-order valence-electron chi connectivity index (χ4n) is 1.23. The highest BCUT2D eigenvalue weighted by molar-refractivity contribution is 5.88. The van der Waals surface area contributed by atoms with E-state index in [9.17, 15) is 4.79 Å². The molecule has 1 N–H and O–H groups in total. The van der Waals surface area contributed by atoms with Crippen LogP contribution in [0.2, 0.25) is 0 Å². The number of hydrogen-bond donors (Lipinski definition) is 1. The van der Waals surface area contributed by atoms with Crippen molar-refractivity contribution in [3.8, 4) is 0 Å². The number of hydrogen-bond acceptors (Lipinski definition) is 4. The van der Waals surface area contributed by atoms with Crippen LogP contribution in [0.1, 0.15) is 19.4 Å². The maximum Gasteiger partial charge on any atom is 0.330 e. The van der Waals surface area contributed by atoms with Crippen LogP contribution in [0, 0.1) is 0 Å². The van der Waals surface area contributed by atoms with Crippen molar-refractivity contribution in [2.45, 2.75) is 13.8 Å². The Labute approximate surface area is 101 Å². The van der Waals surface area contributed by atoms with Gasteiger partial charge in [0, 0.05) is 11.6 Å². The van der Waals surface area contributed by atoms with E-state index in [1.807, 2.05) is 31.2 Å². The molecule has 0 aliphatic heterocycles. The van der Waals surface area contributed by atoms with Gasteiger partial charge in [-0.1, -0.05) is 18.2 Å². The molecule has 0 saturated carbocycles. The maximum absolute atomic E-state index is 11.2. The lowest BCUT2D eigenvalue weighted by atomic mass is 10.1. The minimum atomic E-state index is -0.348. The van der Waals surface area contributed by atoms with E-state index >= 15 is 0 Å². The fourth-order valence-corrected chi connectivity index (χ4v) is 1.23. The van der Waals surface area contributed by atoms with Crippen molar-refractivity contribution in [2.75, 3.05) is 18.7 Å². The molecule has 92 valence electrons. The van der Waals surface area contributed by atoms with Crippen LogP contribution in [0.3, 0.4) is 0 Å². The minimum absolute atomic E-state index is 0.348. The summed E-state index contributed by atoms with van der Waals surface area (Å²) in [6.45, 7) is 4.61. The van der Waals surface area contributed by atoms with Crippen molar-refractivity contribution in [3.05, 3.63) is 35.9 Å². The Bertz CT molecular complexity index is 388. The van der Waals surface area contributed by atoms with Gasteiger partial charge in [0.1, 0.15) is 0 Å². The molecule has 1 rings (SSSR count). The number of benzene rings is 1. The second-order valence-electron chi connectivity index (χ2n) is 3.21. The largest absolute Gasteiger partial charge is 0.463 e. The predicted octanol–water partition coefficient (Wildman–Crippen LogP) is 2.63. The second kappa shape index (κ2) is 7.46. The molecule has 0 aliphatic rings. The van der Waals surface area contributed by atoms with E-state index < -0.39 is 0 Å². The summed E-state index contributed by atoms with van der Waals surface area (Å²) in [5.41, 5.74) is 4.50. The van der Waals surface area contributed by atoms with E-state index in [0.29, 0.717) is 13.2 Å². The predicted molar refractivity (Wildman–Crippen MR) is 67.4 cm³/mol. The number of para-hydroxylation sites is 1. The molecule has 4 heteroatoms. The summed E-state index contributed by atoms with van der Waals surface area (Å²) < 4.78 is 4.81. The van der Waals surface area contributed by atoms with E-state index in [4.69, 9.17) is 9.57 Å². The Morgan fingerprint density at radius 2 is 2.06 bits per heavy atom. The summed E-state index contributed by atoms with van der Waals surface area (Å²) in [7, 11) is 0. The molecule has 0 unspecified atom stereocenters. The van der Waals surface area contributed by atoms with Crippen molar-refractivity contribution in [1.29, 1.82) is 0 Å². The van der Waals surface area contributed by atoms with Crippen molar-refractivity contribution in [3.63, 3.8) is 0 Å². The van der Waals surface area contributed by atoms with Crippen LogP contribution < -0.4 is 5.48 Å². The van der Waals surface area contributed by atoms with Gasteiger partial charge in [0.25, 0.3) is 0 Å². The average molecular weight is 235 g/mol. The third kappa shape index (κ3) is 4.70. The van der Waals surface area contributed by atoms with Gasteiger partial charge in [0.2, 0.25) is 0 Å². The lowest BCUT2D eigenvalue weighted by Gasteiger charge is -2.07. The normalized spacial score (nSPS) is 10.5. The van der Waals surface area contributed by atoms with Crippen molar-refractivity contribution in [2.24, 2.45) is 0 Å². The monoisotopic (exact) mass is 235 g/mol. The first-order valence-corrected chi connectivity index (χ1v) is 5.59. The minimum Gasteiger partial charge on any atom is -0.463 e. The molecule has 17 heavy (non-hydrogen) atoms. The maximum atomic E-state index is 11.2. The quantitative estimate of drug-likeness (QED) is 0.468. The number of carbonyl (C=O) groups excluding carboxylic acids is 1. The SMILES string of the molecule is CCONc1ccccc1C=CC(=O)OCC. The summed E-state index contributed by atoms with van der Waals surface area (Å²) in [6.07, 6.45) is 3.09. The molecular weight excluding hydrogens is 218 g/mol. The van der Waals surface area contributed by atoms with Gasteiger partial charge in [-0.15, -0.1) is 0 Å². The number of ether oxygens (including phenoxy) is 1. The molecule has 4 nitrogen and oxygen atoms in total. The van der Waals surface area contributed by atoms with E-state index in [2.05, 4.69) is 5.48 Å². The van der Waals surface area contributed by atoms with Crippen LogP contribution >= 0.6 is 0 Å². The number of carbonyl (C=O) groups is 1. The van der Waals surface area contributed by atoms with Gasteiger partial charge in [-0.25, -0.2) is 4.79 Å². The standard InChI is InChI=1S/C13H17NO3/c1-3-16-13(15)10-9-11-7-5-6-8-12(11)14-17-4-2/h5-10,14H,3-4H2,1-2H3. The topological polar surface area (TPSA) is 47.6 Å². The van der Waals surface area contributed by atoms with Gasteiger partial charge in [-0.05, 0) is 26.0 Å². The molecule has 0 aromatic heterocycles. The Morgan fingerprint density at radius 1 is 1.29 bits per heavy atom. The highest BCUT2D eigenvalue weighted by Crippen LogP contribution is 2.16. The van der Waals surface area contributed by atoms with Crippen LogP contribution in [-0.4, -0.2) is 19.2 Å². The van der Waals surface area contributed by atoms with E-state index in [-0.39, 0.29) is 5.97 Å². The van der Waals surface area contributed by atoms with Crippen LogP contribution in [0.15, 0.2) is 30.3 Å². The third-order valence-corrected chi connectivity index (χ3v) is 1.97. The van der Waals surface area contributed by atoms with Crippen molar-refractivity contribution < 1.29 is 14.4 Å². The first kappa shape index (κ1) is 13.3. The summed E-state index contributed by atoms with van der Waals surface area (Å²) >= 11 is 0. The first-order valence-electron chi connectivity index (χ1n) is 5.59. The molecular formula is C13H17NO3. The van der Waals surface area contributed by atoms with Crippen molar-refractivity contribution in [1.82, 2.24) is 0 Å². The third-order valence-electron chi connectivity index (χ3n) is 1.97. The summed E-state index contributed by atoms with van der Waals surface area (Å²) in [6, 6.07) is 7.54. The first-order chi connectivity index (χ1) is 8.27. The average Bonchev–Trinajstić information content (AvgIpc) is 2.35. The molecule has 0 atom stereocenters. The molecule has 0 heterocycles. The molecule has 0 saturated heterocycles.